The summed E-state index contributed by atoms with van der Waals surface area (Å²) in [7, 11) is -3.16. The Hall–Kier alpha value is -2.36. The van der Waals surface area contributed by atoms with Crippen molar-refractivity contribution in [2.75, 3.05) is 16.8 Å². The van der Waals surface area contributed by atoms with Gasteiger partial charge in [-0.05, 0) is 19.4 Å². The Kier molecular flexibility index (Phi) is 3.96. The molecule has 2 rings (SSSR count). The number of hydrogen-bond acceptors (Lipinski definition) is 6. The molecule has 0 aliphatic carbocycles. The summed E-state index contributed by atoms with van der Waals surface area (Å²) in [5.74, 6) is -0.597. The number of nitrogens with zero attached hydrogens (tertiary/aromatic N) is 1. The molecule has 22 heavy (non-hydrogen) atoms. The Labute approximate surface area is 126 Å². The third-order valence-corrected chi connectivity index (χ3v) is 5.26. The third kappa shape index (κ3) is 3.64. The van der Waals surface area contributed by atoms with Crippen LogP contribution in [0.15, 0.2) is 18.2 Å². The van der Waals surface area contributed by atoms with E-state index in [2.05, 4.69) is 10.6 Å². The van der Waals surface area contributed by atoms with Gasteiger partial charge in [0.15, 0.2) is 9.84 Å². The van der Waals surface area contributed by atoms with Gasteiger partial charge in [-0.15, -0.1) is 0 Å². The van der Waals surface area contributed by atoms with Crippen LogP contribution in [0.3, 0.4) is 0 Å². The van der Waals surface area contributed by atoms with Crippen molar-refractivity contribution in [3.63, 3.8) is 0 Å². The summed E-state index contributed by atoms with van der Waals surface area (Å²) in [6, 6.07) is 2.55. The Morgan fingerprint density at radius 1 is 1.45 bits per heavy atom. The number of nitrogens with one attached hydrogen (secondary N) is 2. The first kappa shape index (κ1) is 16.0. The number of carbonyl (C=O) groups excluding carboxylic acids is 1. The lowest BCUT2D eigenvalue weighted by Gasteiger charge is -2.24. The van der Waals surface area contributed by atoms with Crippen LogP contribution in [0.2, 0.25) is 0 Å². The quantitative estimate of drug-likeness (QED) is 0.429. The summed E-state index contributed by atoms with van der Waals surface area (Å²) in [6.45, 7) is 1.62. The van der Waals surface area contributed by atoms with Gasteiger partial charge in [0.25, 0.3) is 5.69 Å². The van der Waals surface area contributed by atoms with Crippen molar-refractivity contribution < 1.29 is 23.2 Å². The number of phenolic OH excluding ortho intramolecular Hbond substituents is 1. The summed E-state index contributed by atoms with van der Waals surface area (Å²) in [4.78, 5) is 21.8. The smallest absolute Gasteiger partial charge is 0.319 e. The van der Waals surface area contributed by atoms with E-state index in [0.29, 0.717) is 6.42 Å². The molecule has 3 N–H and O–H groups in total. The van der Waals surface area contributed by atoms with E-state index in [1.165, 1.54) is 6.07 Å². The van der Waals surface area contributed by atoms with E-state index in [1.807, 2.05) is 0 Å². The van der Waals surface area contributed by atoms with Crippen molar-refractivity contribution in [1.82, 2.24) is 5.32 Å². The maximum atomic E-state index is 11.9. The molecule has 1 fully saturated rings. The highest BCUT2D eigenvalue weighted by Crippen LogP contribution is 2.28. The van der Waals surface area contributed by atoms with E-state index in [1.54, 1.807) is 6.92 Å². The van der Waals surface area contributed by atoms with Crippen LogP contribution in [0.1, 0.15) is 13.3 Å². The number of rotatable bonds is 3. The minimum Gasteiger partial charge on any atom is -0.506 e. The predicted molar refractivity (Wildman–Crippen MR) is 78.6 cm³/mol. The predicted octanol–water partition coefficient (Wildman–Crippen LogP) is 0.999. The number of sulfone groups is 1. The maximum Gasteiger partial charge on any atom is 0.319 e. The van der Waals surface area contributed by atoms with Crippen molar-refractivity contribution >= 4 is 27.2 Å². The summed E-state index contributed by atoms with van der Waals surface area (Å²) < 4.78 is 22.9. The van der Waals surface area contributed by atoms with Gasteiger partial charge in [-0.2, -0.15) is 0 Å². The Morgan fingerprint density at radius 3 is 2.64 bits per heavy atom. The molecule has 1 unspecified atom stereocenters. The molecule has 0 bridgehead atoms. The topological polar surface area (TPSA) is 139 Å². The molecule has 1 heterocycles. The van der Waals surface area contributed by atoms with Crippen LogP contribution in [0.4, 0.5) is 16.2 Å². The molecule has 0 spiro atoms. The zero-order valence-electron chi connectivity index (χ0n) is 11.7. The summed E-state index contributed by atoms with van der Waals surface area (Å²) in [5, 5.41) is 25.1. The molecule has 1 aromatic rings. The normalized spacial score (nSPS) is 23.0. The monoisotopic (exact) mass is 329 g/mol. The number of aromatic hydroxyl groups is 1. The molecule has 1 aliphatic rings. The summed E-state index contributed by atoms with van der Waals surface area (Å²) in [5.41, 5.74) is -1.19. The number of anilines is 1. The molecule has 1 aromatic carbocycles. The lowest BCUT2D eigenvalue weighted by Crippen LogP contribution is -2.48. The number of nitro groups is 1. The van der Waals surface area contributed by atoms with E-state index >= 15 is 0 Å². The van der Waals surface area contributed by atoms with E-state index < -0.39 is 32.1 Å². The van der Waals surface area contributed by atoms with Crippen molar-refractivity contribution in [2.24, 2.45) is 0 Å². The lowest BCUT2D eigenvalue weighted by atomic mass is 10.0. The Bertz CT molecular complexity index is 732. The molecule has 0 aromatic heterocycles. The first-order valence-corrected chi connectivity index (χ1v) is 8.19. The average molecular weight is 329 g/mol. The molecule has 9 nitrogen and oxygen atoms in total. The first-order valence-electron chi connectivity index (χ1n) is 6.37. The largest absolute Gasteiger partial charge is 0.506 e. The number of hydrogen-bond donors (Lipinski definition) is 3. The molecular formula is C12H15N3O6S. The van der Waals surface area contributed by atoms with Crippen molar-refractivity contribution in [2.45, 2.75) is 18.9 Å². The van der Waals surface area contributed by atoms with Crippen LogP contribution in [-0.4, -0.2) is 41.5 Å². The second kappa shape index (κ2) is 5.44. The standard InChI is InChI=1S/C12H15N3O6S/c1-12(4-5-22(20,21)7-12)14-11(17)13-9-3-2-8(15(18)19)6-10(9)16/h2-3,6,16H,4-5,7H2,1H3,(H2,13,14,17). The second-order valence-corrected chi connectivity index (χ2v) is 7.62. The molecule has 120 valence electrons. The fraction of sp³-hybridized carbons (Fsp3) is 0.417. The van der Waals surface area contributed by atoms with Gasteiger partial charge in [0.1, 0.15) is 5.75 Å². The SMILES string of the molecule is CC1(NC(=O)Nc2ccc([N+](=O)[O-])cc2O)CCS(=O)(=O)C1. The van der Waals surface area contributed by atoms with Crippen LogP contribution < -0.4 is 10.6 Å². The highest BCUT2D eigenvalue weighted by molar-refractivity contribution is 7.91. The van der Waals surface area contributed by atoms with Crippen LogP contribution in [0.25, 0.3) is 0 Å². The number of benzene rings is 1. The van der Waals surface area contributed by atoms with E-state index in [-0.39, 0.29) is 22.9 Å². The fourth-order valence-electron chi connectivity index (χ4n) is 2.28. The molecule has 2 amide bonds. The number of non-ortho nitro benzene ring substituents is 1. The van der Waals surface area contributed by atoms with Crippen molar-refractivity contribution in [1.29, 1.82) is 0 Å². The minimum atomic E-state index is -3.16. The zero-order chi connectivity index (χ0) is 16.5. The van der Waals surface area contributed by atoms with E-state index in [0.717, 1.165) is 12.1 Å². The number of amides is 2. The molecule has 1 aliphatic heterocycles. The van der Waals surface area contributed by atoms with Gasteiger partial charge in [0.2, 0.25) is 0 Å². The van der Waals surface area contributed by atoms with Crippen LogP contribution in [0.5, 0.6) is 5.75 Å². The lowest BCUT2D eigenvalue weighted by molar-refractivity contribution is -0.384. The van der Waals surface area contributed by atoms with E-state index in [4.69, 9.17) is 0 Å². The molecule has 1 saturated heterocycles. The Morgan fingerprint density at radius 2 is 2.14 bits per heavy atom. The van der Waals surface area contributed by atoms with Crippen molar-refractivity contribution in [3.8, 4) is 5.75 Å². The van der Waals surface area contributed by atoms with Crippen LogP contribution in [-0.2, 0) is 9.84 Å². The highest BCUT2D eigenvalue weighted by Gasteiger charge is 2.39. The van der Waals surface area contributed by atoms with Crippen LogP contribution in [0, 0.1) is 10.1 Å². The first-order chi connectivity index (χ1) is 10.1. The number of urea groups is 1. The summed E-state index contributed by atoms with van der Waals surface area (Å²) >= 11 is 0. The Balaban J connectivity index is 2.05. The fourth-order valence-corrected chi connectivity index (χ4v) is 4.37. The zero-order valence-corrected chi connectivity index (χ0v) is 12.5. The van der Waals surface area contributed by atoms with Gasteiger partial charge in [-0.3, -0.25) is 10.1 Å². The van der Waals surface area contributed by atoms with Crippen LogP contribution >= 0.6 is 0 Å². The molecule has 10 heteroatoms. The number of phenols is 1. The van der Waals surface area contributed by atoms with Gasteiger partial charge in [0, 0.05) is 6.07 Å². The molecule has 1 atom stereocenters. The molecule has 0 saturated carbocycles. The van der Waals surface area contributed by atoms with Gasteiger partial charge in [-0.1, -0.05) is 0 Å². The second-order valence-electron chi connectivity index (χ2n) is 5.44. The third-order valence-electron chi connectivity index (χ3n) is 3.36. The molecular weight excluding hydrogens is 314 g/mol. The van der Waals surface area contributed by atoms with Crippen molar-refractivity contribution in [3.05, 3.63) is 28.3 Å². The van der Waals surface area contributed by atoms with Gasteiger partial charge < -0.3 is 15.7 Å². The summed E-state index contributed by atoms with van der Waals surface area (Å²) in [6.07, 6.45) is 0.301. The highest BCUT2D eigenvalue weighted by atomic mass is 32.2. The van der Waals surface area contributed by atoms with E-state index in [9.17, 15) is 28.4 Å². The molecule has 0 radical (unpaired) electrons. The number of nitro benzene ring substituents is 1. The van der Waals surface area contributed by atoms with Gasteiger partial charge in [0.05, 0.1) is 33.7 Å². The van der Waals surface area contributed by atoms with Gasteiger partial charge >= 0.3 is 6.03 Å². The minimum absolute atomic E-state index is 0.00651. The number of carbonyl (C=O) groups is 1. The maximum absolute atomic E-state index is 11.9. The van der Waals surface area contributed by atoms with Gasteiger partial charge in [-0.25, -0.2) is 13.2 Å². The average Bonchev–Trinajstić information content (AvgIpc) is 2.65.